The fraction of sp³-hybridized carbons (Fsp3) is 0. The molecule has 4 aromatic rings. The van der Waals surface area contributed by atoms with Crippen LogP contribution in [0.25, 0.3) is 5.69 Å². The van der Waals surface area contributed by atoms with Crippen LogP contribution >= 0.6 is 0 Å². The molecule has 0 saturated heterocycles. The zero-order valence-electron chi connectivity index (χ0n) is 16.2. The highest BCUT2D eigenvalue weighted by molar-refractivity contribution is 5.94. The van der Waals surface area contributed by atoms with E-state index in [4.69, 9.17) is 0 Å². The van der Waals surface area contributed by atoms with Crippen molar-refractivity contribution in [2.75, 3.05) is 0 Å². The first-order valence-electron chi connectivity index (χ1n) is 9.33. The second kappa shape index (κ2) is 9.23. The molecule has 0 aliphatic rings. The van der Waals surface area contributed by atoms with Gasteiger partial charge in [-0.1, -0.05) is 36.4 Å². The number of aromatic amines is 1. The number of amides is 1. The van der Waals surface area contributed by atoms with Crippen molar-refractivity contribution in [2.24, 2.45) is 15.3 Å². The minimum absolute atomic E-state index is 0.0645. The number of hydrogen-bond donors (Lipinski definition) is 2. The molecule has 0 radical (unpaired) electrons. The van der Waals surface area contributed by atoms with Crippen LogP contribution in [0.4, 0.5) is 11.4 Å². The molecule has 152 valence electrons. The molecular formula is C22H17N7O2. The minimum Gasteiger partial charge on any atom is -0.287 e. The Hall–Kier alpha value is -4.66. The van der Waals surface area contributed by atoms with Crippen LogP contribution in [-0.4, -0.2) is 26.9 Å². The maximum atomic E-state index is 13.0. The molecule has 0 fully saturated rings. The lowest BCUT2D eigenvalue weighted by Gasteiger charge is -1.99. The van der Waals surface area contributed by atoms with E-state index in [-0.39, 0.29) is 5.69 Å². The number of nitrogens with zero attached hydrogens (tertiary/aromatic N) is 5. The van der Waals surface area contributed by atoms with Gasteiger partial charge in [0.25, 0.3) is 11.5 Å². The lowest BCUT2D eigenvalue weighted by molar-refractivity contribution is 0.0955. The Morgan fingerprint density at radius 2 is 1.61 bits per heavy atom. The number of nitrogens with one attached hydrogen (secondary N) is 2. The Kier molecular flexibility index (Phi) is 5.85. The zero-order chi connectivity index (χ0) is 21.5. The van der Waals surface area contributed by atoms with Crippen molar-refractivity contribution >= 4 is 23.5 Å². The van der Waals surface area contributed by atoms with Gasteiger partial charge < -0.3 is 0 Å². The number of carbonyl (C=O) groups excluding carboxylic acids is 1. The van der Waals surface area contributed by atoms with Crippen molar-refractivity contribution in [3.05, 3.63) is 107 Å². The van der Waals surface area contributed by atoms with Crippen LogP contribution in [0.3, 0.4) is 0 Å². The Bertz CT molecular complexity index is 1280. The van der Waals surface area contributed by atoms with Crippen LogP contribution in [0, 0.1) is 0 Å². The highest BCUT2D eigenvalue weighted by Crippen LogP contribution is 2.18. The average Bonchev–Trinajstić information content (AvgIpc) is 3.14. The summed E-state index contributed by atoms with van der Waals surface area (Å²) in [7, 11) is 0. The molecule has 31 heavy (non-hydrogen) atoms. The highest BCUT2D eigenvalue weighted by Gasteiger charge is 2.14. The van der Waals surface area contributed by atoms with Gasteiger partial charge in [0.1, 0.15) is 5.69 Å². The maximum Gasteiger partial charge on any atom is 0.299 e. The van der Waals surface area contributed by atoms with Gasteiger partial charge >= 0.3 is 0 Å². The molecule has 0 saturated carbocycles. The predicted molar refractivity (Wildman–Crippen MR) is 116 cm³/mol. The summed E-state index contributed by atoms with van der Waals surface area (Å²) in [6, 6.07) is 21.2. The summed E-state index contributed by atoms with van der Waals surface area (Å²) in [6.45, 7) is 0. The number of pyridine rings is 1. The minimum atomic E-state index is -0.407. The van der Waals surface area contributed by atoms with Crippen LogP contribution in [0.2, 0.25) is 0 Å². The number of aromatic nitrogens is 3. The summed E-state index contributed by atoms with van der Waals surface area (Å²) >= 11 is 0. The molecule has 0 aliphatic carbocycles. The number of para-hydroxylation sites is 1. The Morgan fingerprint density at radius 3 is 2.32 bits per heavy atom. The van der Waals surface area contributed by atoms with E-state index in [9.17, 15) is 9.59 Å². The molecule has 0 unspecified atom stereocenters. The third-order valence-electron chi connectivity index (χ3n) is 4.23. The van der Waals surface area contributed by atoms with Crippen LogP contribution in [-0.2, 0) is 0 Å². The Labute approximate surface area is 176 Å². The van der Waals surface area contributed by atoms with Gasteiger partial charge in [0, 0.05) is 18.0 Å². The van der Waals surface area contributed by atoms with Gasteiger partial charge in [-0.2, -0.15) is 10.2 Å². The molecular weight excluding hydrogens is 394 g/mol. The molecule has 2 aromatic carbocycles. The fourth-order valence-corrected chi connectivity index (χ4v) is 2.72. The Balaban J connectivity index is 1.66. The second-order valence-electron chi connectivity index (χ2n) is 6.32. The highest BCUT2D eigenvalue weighted by atomic mass is 16.2. The van der Waals surface area contributed by atoms with Crippen molar-refractivity contribution in [2.45, 2.75) is 0 Å². The van der Waals surface area contributed by atoms with Crippen molar-refractivity contribution in [3.63, 3.8) is 0 Å². The summed E-state index contributed by atoms with van der Waals surface area (Å²) in [4.78, 5) is 29.0. The van der Waals surface area contributed by atoms with Crippen LogP contribution in [0.15, 0.2) is 105 Å². The summed E-state index contributed by atoms with van der Waals surface area (Å²) < 4.78 is 1.34. The van der Waals surface area contributed by atoms with E-state index in [1.54, 1.807) is 36.4 Å². The van der Waals surface area contributed by atoms with E-state index in [0.717, 1.165) is 0 Å². The maximum absolute atomic E-state index is 13.0. The zero-order valence-corrected chi connectivity index (χ0v) is 16.2. The average molecular weight is 411 g/mol. The number of rotatable bonds is 6. The first kappa shape index (κ1) is 19.6. The molecule has 0 aliphatic heterocycles. The van der Waals surface area contributed by atoms with Crippen LogP contribution in [0.5, 0.6) is 0 Å². The molecule has 9 heteroatoms. The fourth-order valence-electron chi connectivity index (χ4n) is 2.72. The van der Waals surface area contributed by atoms with Gasteiger partial charge in [0.15, 0.2) is 5.69 Å². The number of azo groups is 1. The van der Waals surface area contributed by atoms with Crippen molar-refractivity contribution in [1.29, 1.82) is 0 Å². The number of H-pyrrole nitrogens is 1. The lowest BCUT2D eigenvalue weighted by Crippen LogP contribution is -2.17. The summed E-state index contributed by atoms with van der Waals surface area (Å²) in [5.74, 6) is -0.407. The van der Waals surface area contributed by atoms with E-state index in [0.29, 0.717) is 22.6 Å². The number of hydrazone groups is 1. The van der Waals surface area contributed by atoms with Crippen molar-refractivity contribution in [3.8, 4) is 5.69 Å². The summed E-state index contributed by atoms with van der Waals surface area (Å²) in [5, 5.41) is 15.2. The van der Waals surface area contributed by atoms with E-state index in [1.165, 1.54) is 23.3 Å². The van der Waals surface area contributed by atoms with Gasteiger partial charge in [-0.05, 0) is 36.4 Å². The first-order valence-corrected chi connectivity index (χ1v) is 9.33. The molecule has 0 atom stereocenters. The van der Waals surface area contributed by atoms with Crippen molar-refractivity contribution in [1.82, 2.24) is 20.2 Å². The summed E-state index contributed by atoms with van der Waals surface area (Å²) in [5.41, 5.74) is 4.02. The largest absolute Gasteiger partial charge is 0.299 e. The van der Waals surface area contributed by atoms with Gasteiger partial charge in [-0.3, -0.25) is 19.7 Å². The second-order valence-corrected chi connectivity index (χ2v) is 6.32. The van der Waals surface area contributed by atoms with Crippen LogP contribution < -0.4 is 11.0 Å². The topological polar surface area (TPSA) is 117 Å². The van der Waals surface area contributed by atoms with Crippen molar-refractivity contribution < 1.29 is 4.79 Å². The third kappa shape index (κ3) is 4.67. The standard InChI is InChI=1S/C22H17N7O2/c30-21(16-11-13-23-14-12-16)27-24-15-19-20(26-25-17-7-3-1-4-8-17)22(31)29(28-19)18-9-5-2-6-10-18/h1-15,28H,(H,27,30). The normalized spacial score (nSPS) is 11.2. The van der Waals surface area contributed by atoms with Gasteiger partial charge in [0.05, 0.1) is 17.6 Å². The van der Waals surface area contributed by atoms with Gasteiger partial charge in [0.2, 0.25) is 0 Å². The van der Waals surface area contributed by atoms with Crippen LogP contribution in [0.1, 0.15) is 16.1 Å². The number of hydrogen-bond acceptors (Lipinski definition) is 6. The molecule has 4 rings (SSSR count). The predicted octanol–water partition coefficient (Wildman–Crippen LogP) is 3.74. The molecule has 2 N–H and O–H groups in total. The van der Waals surface area contributed by atoms with E-state index in [1.807, 2.05) is 36.4 Å². The van der Waals surface area contributed by atoms with E-state index < -0.39 is 11.5 Å². The quantitative estimate of drug-likeness (QED) is 0.286. The van der Waals surface area contributed by atoms with E-state index >= 15 is 0 Å². The number of carbonyl (C=O) groups is 1. The smallest absolute Gasteiger partial charge is 0.287 e. The van der Waals surface area contributed by atoms with Gasteiger partial charge in [-0.15, -0.1) is 5.11 Å². The molecule has 9 nitrogen and oxygen atoms in total. The molecule has 1 amide bonds. The molecule has 2 aromatic heterocycles. The van der Waals surface area contributed by atoms with Gasteiger partial charge in [-0.25, -0.2) is 10.1 Å². The summed E-state index contributed by atoms with van der Waals surface area (Å²) in [6.07, 6.45) is 4.34. The number of benzene rings is 2. The SMILES string of the molecule is O=C(NN=Cc1[nH]n(-c2ccccc2)c(=O)c1N=Nc1ccccc1)c1ccncc1. The molecule has 0 bridgehead atoms. The molecule has 0 spiro atoms. The monoisotopic (exact) mass is 411 g/mol. The third-order valence-corrected chi connectivity index (χ3v) is 4.23. The first-order chi connectivity index (χ1) is 15.2. The Morgan fingerprint density at radius 1 is 0.935 bits per heavy atom. The lowest BCUT2D eigenvalue weighted by atomic mass is 10.3. The molecule has 2 heterocycles. The van der Waals surface area contributed by atoms with E-state index in [2.05, 4.69) is 30.8 Å².